The molecule has 2 aromatic carbocycles. The van der Waals surface area contributed by atoms with E-state index >= 15 is 0 Å². The Bertz CT molecular complexity index is 1320. The number of ether oxygens (including phenoxy) is 2. The number of carbonyl (C=O) groups is 2. The molecule has 0 aliphatic carbocycles. The number of hydrogen-bond donors (Lipinski definition) is 2. The Labute approximate surface area is 197 Å². The zero-order valence-electron chi connectivity index (χ0n) is 18.8. The molecule has 0 saturated heterocycles. The van der Waals surface area contributed by atoms with E-state index in [9.17, 15) is 18.0 Å². The zero-order valence-corrected chi connectivity index (χ0v) is 19.6. The number of esters is 2. The lowest BCUT2D eigenvalue weighted by molar-refractivity contribution is 0.0518. The van der Waals surface area contributed by atoms with Gasteiger partial charge in [-0.3, -0.25) is 4.98 Å². The topological polar surface area (TPSA) is 124 Å². The molecule has 34 heavy (non-hydrogen) atoms. The number of pyridine rings is 1. The van der Waals surface area contributed by atoms with E-state index in [1.165, 1.54) is 24.4 Å². The molecule has 0 fully saturated rings. The van der Waals surface area contributed by atoms with Crippen LogP contribution in [0.25, 0.3) is 10.9 Å². The maximum atomic E-state index is 12.6. The number of benzene rings is 2. The number of aromatic nitrogens is 1. The van der Waals surface area contributed by atoms with Crippen LogP contribution >= 0.6 is 0 Å². The molecular formula is C24H25N3O6S. The highest BCUT2D eigenvalue weighted by atomic mass is 32.2. The zero-order chi connectivity index (χ0) is 24.7. The molecule has 1 heterocycles. The summed E-state index contributed by atoms with van der Waals surface area (Å²) in [7, 11) is -3.68. The Hall–Kier alpha value is -3.76. The fourth-order valence-corrected chi connectivity index (χ4v) is 4.14. The van der Waals surface area contributed by atoms with Crippen LogP contribution in [0.4, 0.5) is 11.4 Å². The molecule has 0 unspecified atom stereocenters. The van der Waals surface area contributed by atoms with Crippen LogP contribution in [0.15, 0.2) is 66.2 Å². The summed E-state index contributed by atoms with van der Waals surface area (Å²) in [4.78, 5) is 29.3. The number of sulfonamides is 1. The van der Waals surface area contributed by atoms with Crippen LogP contribution in [0.2, 0.25) is 0 Å². The SMILES string of the molecule is C=CCNS(=O)(=O)c1ccc(Nc2c(C(=O)OCC)cnc3ccc(C(=O)OCC)cc23)cc1. The van der Waals surface area contributed by atoms with Gasteiger partial charge in [0.25, 0.3) is 0 Å². The molecule has 3 aromatic rings. The van der Waals surface area contributed by atoms with Crippen LogP contribution in [-0.2, 0) is 19.5 Å². The van der Waals surface area contributed by atoms with Gasteiger partial charge in [0.15, 0.2) is 0 Å². The molecule has 9 nitrogen and oxygen atoms in total. The average molecular weight is 484 g/mol. The summed E-state index contributed by atoms with van der Waals surface area (Å²) in [5, 5.41) is 3.65. The third-order valence-electron chi connectivity index (χ3n) is 4.73. The molecule has 2 N–H and O–H groups in total. The molecule has 0 bridgehead atoms. The first-order valence-electron chi connectivity index (χ1n) is 10.5. The smallest absolute Gasteiger partial charge is 0.341 e. The third kappa shape index (κ3) is 5.59. The van der Waals surface area contributed by atoms with Crippen molar-refractivity contribution >= 4 is 44.2 Å². The van der Waals surface area contributed by atoms with E-state index in [0.29, 0.717) is 27.8 Å². The number of nitrogens with zero attached hydrogens (tertiary/aromatic N) is 1. The predicted octanol–water partition coefficient (Wildman–Crippen LogP) is 3.80. The highest BCUT2D eigenvalue weighted by molar-refractivity contribution is 7.89. The summed E-state index contributed by atoms with van der Waals surface area (Å²) >= 11 is 0. The molecule has 178 valence electrons. The van der Waals surface area contributed by atoms with Crippen molar-refractivity contribution in [1.29, 1.82) is 0 Å². The van der Waals surface area contributed by atoms with Crippen molar-refractivity contribution in [2.24, 2.45) is 0 Å². The Morgan fingerprint density at radius 2 is 1.71 bits per heavy atom. The first kappa shape index (κ1) is 24.9. The lowest BCUT2D eigenvalue weighted by Crippen LogP contribution is -2.23. The Morgan fingerprint density at radius 1 is 1.03 bits per heavy atom. The van der Waals surface area contributed by atoms with Crippen molar-refractivity contribution in [2.75, 3.05) is 25.1 Å². The van der Waals surface area contributed by atoms with Crippen LogP contribution in [0.5, 0.6) is 0 Å². The van der Waals surface area contributed by atoms with Crippen LogP contribution in [0.1, 0.15) is 34.6 Å². The molecule has 10 heteroatoms. The van der Waals surface area contributed by atoms with E-state index in [0.717, 1.165) is 0 Å². The number of anilines is 2. The standard InChI is InChI=1S/C24H25N3O6S/c1-4-13-26-34(30,31)18-10-8-17(9-11-18)27-22-19-14-16(23(28)32-5-2)7-12-21(19)25-15-20(22)24(29)33-6-3/h4,7-12,14-15,26H,1,5-6,13H2,2-3H3,(H,25,27). The number of nitrogens with one attached hydrogen (secondary N) is 2. The quantitative estimate of drug-likeness (QED) is 0.330. The fraction of sp³-hybridized carbons (Fsp3) is 0.208. The Morgan fingerprint density at radius 3 is 2.35 bits per heavy atom. The normalized spacial score (nSPS) is 11.1. The first-order valence-corrected chi connectivity index (χ1v) is 12.0. The second-order valence-corrected chi connectivity index (χ2v) is 8.78. The van der Waals surface area contributed by atoms with Gasteiger partial charge in [-0.25, -0.2) is 22.7 Å². The van der Waals surface area contributed by atoms with Crippen molar-refractivity contribution in [3.8, 4) is 0 Å². The summed E-state index contributed by atoms with van der Waals surface area (Å²) < 4.78 is 37.3. The molecule has 3 rings (SSSR count). The first-order chi connectivity index (χ1) is 16.3. The van der Waals surface area contributed by atoms with Crippen LogP contribution in [0, 0.1) is 0 Å². The van der Waals surface area contributed by atoms with Crippen molar-refractivity contribution in [2.45, 2.75) is 18.7 Å². The van der Waals surface area contributed by atoms with E-state index in [1.54, 1.807) is 44.2 Å². The summed E-state index contributed by atoms with van der Waals surface area (Å²) in [6.45, 7) is 7.40. The van der Waals surface area contributed by atoms with Gasteiger partial charge in [0.05, 0.1) is 34.9 Å². The van der Waals surface area contributed by atoms with Gasteiger partial charge in [-0.2, -0.15) is 0 Å². The minimum absolute atomic E-state index is 0.0784. The molecule has 0 aliphatic rings. The number of fused-ring (bicyclic) bond motifs is 1. The van der Waals surface area contributed by atoms with Gasteiger partial charge in [-0.05, 0) is 56.3 Å². The monoisotopic (exact) mass is 483 g/mol. The molecule has 0 aliphatic heterocycles. The van der Waals surface area contributed by atoms with Crippen molar-refractivity contribution in [3.63, 3.8) is 0 Å². The average Bonchev–Trinajstić information content (AvgIpc) is 2.83. The van der Waals surface area contributed by atoms with Gasteiger partial charge in [0.1, 0.15) is 5.56 Å². The third-order valence-corrected chi connectivity index (χ3v) is 6.17. The minimum Gasteiger partial charge on any atom is -0.462 e. The van der Waals surface area contributed by atoms with Gasteiger partial charge >= 0.3 is 11.9 Å². The molecule has 0 atom stereocenters. The number of rotatable bonds is 10. The van der Waals surface area contributed by atoms with Crippen LogP contribution in [0.3, 0.4) is 0 Å². The summed E-state index contributed by atoms with van der Waals surface area (Å²) in [5.41, 5.74) is 1.89. The maximum Gasteiger partial charge on any atom is 0.341 e. The van der Waals surface area contributed by atoms with Gasteiger partial charge in [0, 0.05) is 23.8 Å². The summed E-state index contributed by atoms with van der Waals surface area (Å²) in [6, 6.07) is 10.8. The van der Waals surface area contributed by atoms with Gasteiger partial charge in [-0.15, -0.1) is 6.58 Å². The largest absolute Gasteiger partial charge is 0.462 e. The molecule has 0 radical (unpaired) electrons. The summed E-state index contributed by atoms with van der Waals surface area (Å²) in [6.07, 6.45) is 2.84. The second kappa shape index (κ2) is 10.9. The van der Waals surface area contributed by atoms with E-state index in [-0.39, 0.29) is 30.2 Å². The van der Waals surface area contributed by atoms with Gasteiger partial charge in [0.2, 0.25) is 10.0 Å². The van der Waals surface area contributed by atoms with Gasteiger partial charge in [-0.1, -0.05) is 6.08 Å². The maximum absolute atomic E-state index is 12.6. The molecular weight excluding hydrogens is 458 g/mol. The second-order valence-electron chi connectivity index (χ2n) is 7.01. The van der Waals surface area contributed by atoms with E-state index < -0.39 is 22.0 Å². The number of hydrogen-bond acceptors (Lipinski definition) is 8. The van der Waals surface area contributed by atoms with Crippen molar-refractivity contribution < 1.29 is 27.5 Å². The van der Waals surface area contributed by atoms with Crippen LogP contribution in [-0.4, -0.2) is 45.1 Å². The molecule has 0 saturated carbocycles. The van der Waals surface area contributed by atoms with Crippen LogP contribution < -0.4 is 10.0 Å². The van der Waals surface area contributed by atoms with Gasteiger partial charge < -0.3 is 14.8 Å². The Balaban J connectivity index is 2.07. The van der Waals surface area contributed by atoms with Crippen molar-refractivity contribution in [1.82, 2.24) is 9.71 Å². The summed E-state index contributed by atoms with van der Waals surface area (Å²) in [5.74, 6) is -1.09. The lowest BCUT2D eigenvalue weighted by Gasteiger charge is -2.15. The highest BCUT2D eigenvalue weighted by Gasteiger charge is 2.19. The Kier molecular flexibility index (Phi) is 7.98. The lowest BCUT2D eigenvalue weighted by atomic mass is 10.1. The molecule has 0 amide bonds. The van der Waals surface area contributed by atoms with Crippen molar-refractivity contribution in [3.05, 3.63) is 72.4 Å². The predicted molar refractivity (Wildman–Crippen MR) is 129 cm³/mol. The molecule has 1 aromatic heterocycles. The highest BCUT2D eigenvalue weighted by Crippen LogP contribution is 2.31. The van der Waals surface area contributed by atoms with E-state index in [4.69, 9.17) is 9.47 Å². The van der Waals surface area contributed by atoms with E-state index in [2.05, 4.69) is 21.6 Å². The number of carbonyl (C=O) groups excluding carboxylic acids is 2. The fourth-order valence-electron chi connectivity index (χ4n) is 3.15. The van der Waals surface area contributed by atoms with E-state index in [1.807, 2.05) is 0 Å². The minimum atomic E-state index is -3.68. The molecule has 0 spiro atoms.